The van der Waals surface area contributed by atoms with E-state index in [1.54, 1.807) is 7.11 Å². The van der Waals surface area contributed by atoms with E-state index in [2.05, 4.69) is 5.32 Å². The fourth-order valence-corrected chi connectivity index (χ4v) is 2.41. The van der Waals surface area contributed by atoms with Crippen molar-refractivity contribution in [2.45, 2.75) is 19.3 Å². The highest BCUT2D eigenvalue weighted by Gasteiger charge is 2.04. The molecular formula is C18H20ClNO2. The minimum absolute atomic E-state index is 0.0495. The van der Waals surface area contributed by atoms with E-state index in [1.807, 2.05) is 48.5 Å². The number of hydrogen-bond donors (Lipinski definition) is 1. The number of carbonyl (C=O) groups excluding carboxylic acids is 1. The molecule has 0 aromatic heterocycles. The lowest BCUT2D eigenvalue weighted by molar-refractivity contribution is -0.121. The Morgan fingerprint density at radius 2 is 1.82 bits per heavy atom. The molecule has 0 spiro atoms. The molecule has 0 aliphatic carbocycles. The molecule has 0 aliphatic heterocycles. The van der Waals surface area contributed by atoms with Gasteiger partial charge >= 0.3 is 0 Å². The maximum absolute atomic E-state index is 11.8. The van der Waals surface area contributed by atoms with Crippen LogP contribution in [0.1, 0.15) is 17.5 Å². The minimum Gasteiger partial charge on any atom is -0.497 e. The van der Waals surface area contributed by atoms with E-state index < -0.39 is 0 Å². The number of carbonyl (C=O) groups is 1. The quantitative estimate of drug-likeness (QED) is 0.846. The zero-order valence-corrected chi connectivity index (χ0v) is 13.4. The number of amides is 1. The molecule has 0 saturated heterocycles. The van der Waals surface area contributed by atoms with Gasteiger partial charge in [-0.2, -0.15) is 0 Å². The monoisotopic (exact) mass is 317 g/mol. The maximum atomic E-state index is 11.8. The summed E-state index contributed by atoms with van der Waals surface area (Å²) in [5, 5.41) is 3.65. The Kier molecular flexibility index (Phi) is 6.28. The third-order valence-corrected chi connectivity index (χ3v) is 3.84. The fourth-order valence-electron chi connectivity index (χ4n) is 2.18. The van der Waals surface area contributed by atoms with Gasteiger partial charge in [0.25, 0.3) is 0 Å². The number of nitrogens with one attached hydrogen (secondary N) is 1. The summed E-state index contributed by atoms with van der Waals surface area (Å²) in [4.78, 5) is 11.8. The van der Waals surface area contributed by atoms with Gasteiger partial charge in [-0.05, 0) is 42.2 Å². The van der Waals surface area contributed by atoms with E-state index in [1.165, 1.54) is 5.56 Å². The fraction of sp³-hybridized carbons (Fsp3) is 0.278. The van der Waals surface area contributed by atoms with E-state index in [-0.39, 0.29) is 5.91 Å². The van der Waals surface area contributed by atoms with Crippen molar-refractivity contribution in [3.05, 3.63) is 64.7 Å². The molecule has 0 radical (unpaired) electrons. The second-order valence-electron chi connectivity index (χ2n) is 5.04. The van der Waals surface area contributed by atoms with Gasteiger partial charge in [0.1, 0.15) is 5.75 Å². The summed E-state index contributed by atoms with van der Waals surface area (Å²) >= 11 is 6.07. The van der Waals surface area contributed by atoms with Gasteiger partial charge in [0.05, 0.1) is 7.11 Å². The van der Waals surface area contributed by atoms with Gasteiger partial charge < -0.3 is 10.1 Å². The molecule has 0 aliphatic rings. The van der Waals surface area contributed by atoms with E-state index in [0.717, 1.165) is 17.7 Å². The molecule has 0 heterocycles. The van der Waals surface area contributed by atoms with Gasteiger partial charge in [-0.1, -0.05) is 41.9 Å². The average Bonchev–Trinajstić information content (AvgIpc) is 2.55. The van der Waals surface area contributed by atoms with Gasteiger partial charge in [0.15, 0.2) is 0 Å². The van der Waals surface area contributed by atoms with Crippen LogP contribution in [-0.4, -0.2) is 19.6 Å². The molecule has 1 amide bonds. The SMILES string of the molecule is COc1ccc(CCNC(=O)CCc2ccccc2Cl)cc1. The maximum Gasteiger partial charge on any atom is 0.220 e. The molecule has 1 N–H and O–H groups in total. The van der Waals surface area contributed by atoms with Gasteiger partial charge in [-0.15, -0.1) is 0 Å². The van der Waals surface area contributed by atoms with Crippen LogP contribution in [0.5, 0.6) is 5.75 Å². The Bertz CT molecular complexity index is 611. The average molecular weight is 318 g/mol. The Morgan fingerprint density at radius 1 is 1.09 bits per heavy atom. The molecule has 0 bridgehead atoms. The Hall–Kier alpha value is -2.00. The summed E-state index contributed by atoms with van der Waals surface area (Å²) in [6.07, 6.45) is 1.92. The summed E-state index contributed by atoms with van der Waals surface area (Å²) in [7, 11) is 1.65. The number of aryl methyl sites for hydroxylation is 1. The van der Waals surface area contributed by atoms with Crippen LogP contribution in [-0.2, 0) is 17.6 Å². The van der Waals surface area contributed by atoms with Crippen LogP contribution in [0.3, 0.4) is 0 Å². The first-order valence-electron chi connectivity index (χ1n) is 7.32. The second kappa shape index (κ2) is 8.44. The van der Waals surface area contributed by atoms with Crippen LogP contribution in [0.15, 0.2) is 48.5 Å². The molecule has 22 heavy (non-hydrogen) atoms. The third kappa shape index (κ3) is 5.08. The first-order chi connectivity index (χ1) is 10.7. The molecule has 2 aromatic rings. The summed E-state index contributed by atoms with van der Waals surface area (Å²) in [5.74, 6) is 0.890. The summed E-state index contributed by atoms with van der Waals surface area (Å²) in [6, 6.07) is 15.5. The number of rotatable bonds is 7. The second-order valence-corrected chi connectivity index (χ2v) is 5.45. The predicted molar refractivity (Wildman–Crippen MR) is 89.5 cm³/mol. The lowest BCUT2D eigenvalue weighted by atomic mass is 10.1. The van der Waals surface area contributed by atoms with E-state index >= 15 is 0 Å². The molecule has 0 saturated carbocycles. The molecule has 0 unspecified atom stereocenters. The Morgan fingerprint density at radius 3 is 2.50 bits per heavy atom. The molecule has 116 valence electrons. The highest BCUT2D eigenvalue weighted by molar-refractivity contribution is 6.31. The van der Waals surface area contributed by atoms with Gasteiger partial charge in [-0.25, -0.2) is 0 Å². The van der Waals surface area contributed by atoms with Gasteiger partial charge in [0, 0.05) is 18.0 Å². The molecule has 0 fully saturated rings. The van der Waals surface area contributed by atoms with Crippen molar-refractivity contribution in [1.82, 2.24) is 5.32 Å². The van der Waals surface area contributed by atoms with Crippen molar-refractivity contribution >= 4 is 17.5 Å². The van der Waals surface area contributed by atoms with E-state index in [0.29, 0.717) is 24.4 Å². The highest BCUT2D eigenvalue weighted by atomic mass is 35.5. The number of hydrogen-bond acceptors (Lipinski definition) is 2. The summed E-state index contributed by atoms with van der Waals surface area (Å²) in [6.45, 7) is 0.633. The summed E-state index contributed by atoms with van der Waals surface area (Å²) in [5.41, 5.74) is 2.18. The van der Waals surface area contributed by atoms with Crippen LogP contribution < -0.4 is 10.1 Å². The molecule has 2 aromatic carbocycles. The van der Waals surface area contributed by atoms with Crippen molar-refractivity contribution in [1.29, 1.82) is 0 Å². The number of methoxy groups -OCH3 is 1. The van der Waals surface area contributed by atoms with Crippen molar-refractivity contribution in [2.24, 2.45) is 0 Å². The molecule has 4 heteroatoms. The van der Waals surface area contributed by atoms with Crippen LogP contribution in [0, 0.1) is 0 Å². The predicted octanol–water partition coefficient (Wildman–Crippen LogP) is 3.64. The third-order valence-electron chi connectivity index (χ3n) is 3.47. The Balaban J connectivity index is 1.70. The molecule has 2 rings (SSSR count). The Labute approximate surface area is 136 Å². The zero-order chi connectivity index (χ0) is 15.8. The largest absolute Gasteiger partial charge is 0.497 e. The van der Waals surface area contributed by atoms with Crippen molar-refractivity contribution in [2.75, 3.05) is 13.7 Å². The lowest BCUT2D eigenvalue weighted by Crippen LogP contribution is -2.25. The lowest BCUT2D eigenvalue weighted by Gasteiger charge is -2.07. The molecule has 3 nitrogen and oxygen atoms in total. The highest BCUT2D eigenvalue weighted by Crippen LogP contribution is 2.16. The smallest absolute Gasteiger partial charge is 0.220 e. The first kappa shape index (κ1) is 16.4. The first-order valence-corrected chi connectivity index (χ1v) is 7.70. The molecular weight excluding hydrogens is 298 g/mol. The number of ether oxygens (including phenoxy) is 1. The van der Waals surface area contributed by atoms with Crippen LogP contribution in [0.25, 0.3) is 0 Å². The van der Waals surface area contributed by atoms with Crippen molar-refractivity contribution in [3.63, 3.8) is 0 Å². The van der Waals surface area contributed by atoms with E-state index in [4.69, 9.17) is 16.3 Å². The van der Waals surface area contributed by atoms with Crippen molar-refractivity contribution < 1.29 is 9.53 Å². The normalized spacial score (nSPS) is 10.3. The minimum atomic E-state index is 0.0495. The van der Waals surface area contributed by atoms with Crippen LogP contribution >= 0.6 is 11.6 Å². The topological polar surface area (TPSA) is 38.3 Å². The van der Waals surface area contributed by atoms with Crippen molar-refractivity contribution in [3.8, 4) is 5.75 Å². The van der Waals surface area contributed by atoms with Gasteiger partial charge in [-0.3, -0.25) is 4.79 Å². The summed E-state index contributed by atoms with van der Waals surface area (Å²) < 4.78 is 5.11. The molecule has 0 atom stereocenters. The van der Waals surface area contributed by atoms with Gasteiger partial charge in [0.2, 0.25) is 5.91 Å². The standard InChI is InChI=1S/C18H20ClNO2/c1-22-16-9-6-14(7-10-16)12-13-20-18(21)11-8-15-4-2-3-5-17(15)19/h2-7,9-10H,8,11-13H2,1H3,(H,20,21). The van der Waals surface area contributed by atoms with Crippen LogP contribution in [0.4, 0.5) is 0 Å². The number of halogens is 1. The van der Waals surface area contributed by atoms with Crippen LogP contribution in [0.2, 0.25) is 5.02 Å². The zero-order valence-electron chi connectivity index (χ0n) is 12.6. The number of benzene rings is 2. The van der Waals surface area contributed by atoms with E-state index in [9.17, 15) is 4.79 Å².